The molecule has 2 unspecified atom stereocenters. The Bertz CT molecular complexity index is 1110. The van der Waals surface area contributed by atoms with Crippen molar-refractivity contribution in [2.24, 2.45) is 0 Å². The Hall–Kier alpha value is -2.72. The van der Waals surface area contributed by atoms with Gasteiger partial charge in [0, 0.05) is 0 Å². The summed E-state index contributed by atoms with van der Waals surface area (Å²) in [6.45, 7) is 0. The molecule has 0 N–H and O–H groups in total. The molecule has 0 aliphatic carbocycles. The first kappa shape index (κ1) is 22.5. The summed E-state index contributed by atoms with van der Waals surface area (Å²) in [5.41, 5.74) is 1.44. The summed E-state index contributed by atoms with van der Waals surface area (Å²) in [6.07, 6.45) is 0.771. The Morgan fingerprint density at radius 2 is 1.47 bits per heavy atom. The van der Waals surface area contributed by atoms with E-state index >= 15 is 0 Å². The Morgan fingerprint density at radius 1 is 0.906 bits per heavy atom. The predicted molar refractivity (Wildman–Crippen MR) is 126 cm³/mol. The second-order valence-electron chi connectivity index (χ2n) is 7.69. The fourth-order valence-corrected chi connectivity index (χ4v) is 7.30. The van der Waals surface area contributed by atoms with Crippen LogP contribution >= 0.6 is 11.6 Å². The summed E-state index contributed by atoms with van der Waals surface area (Å²) < 4.78 is -0.362. The van der Waals surface area contributed by atoms with Crippen LogP contribution in [0, 0.1) is 0 Å². The van der Waals surface area contributed by atoms with Crippen LogP contribution in [0.15, 0.2) is 91.0 Å². The molecule has 4 rings (SSSR count). The molecule has 4 nitrogen and oxygen atoms in total. The molecule has 1 aliphatic rings. The van der Waals surface area contributed by atoms with Crippen LogP contribution in [0.3, 0.4) is 0 Å². The van der Waals surface area contributed by atoms with Gasteiger partial charge in [0.25, 0.3) is 0 Å². The molecule has 32 heavy (non-hydrogen) atoms. The van der Waals surface area contributed by atoms with Crippen molar-refractivity contribution in [1.82, 2.24) is 4.90 Å². The molecule has 0 bridgehead atoms. The van der Waals surface area contributed by atoms with Gasteiger partial charge < -0.3 is 0 Å². The molecule has 1 aliphatic heterocycles. The molecular formula is C26H22ClNO3Se. The summed E-state index contributed by atoms with van der Waals surface area (Å²) in [5.74, 6) is -1.37. The third-order valence-electron chi connectivity index (χ3n) is 5.61. The fourth-order valence-electron chi connectivity index (χ4n) is 4.07. The van der Waals surface area contributed by atoms with Gasteiger partial charge in [0.15, 0.2) is 0 Å². The van der Waals surface area contributed by atoms with Crippen molar-refractivity contribution in [3.63, 3.8) is 0 Å². The number of carbonyl (C=O) groups is 3. The average Bonchev–Trinajstić information content (AvgIpc) is 3.11. The Kier molecular flexibility index (Phi) is 6.90. The van der Waals surface area contributed by atoms with Crippen LogP contribution in [-0.4, -0.2) is 49.4 Å². The van der Waals surface area contributed by atoms with E-state index in [9.17, 15) is 14.4 Å². The zero-order valence-electron chi connectivity index (χ0n) is 17.3. The zero-order valence-corrected chi connectivity index (χ0v) is 19.8. The van der Waals surface area contributed by atoms with Crippen LogP contribution in [0.5, 0.6) is 0 Å². The van der Waals surface area contributed by atoms with Crippen molar-refractivity contribution < 1.29 is 14.4 Å². The summed E-state index contributed by atoms with van der Waals surface area (Å²) in [6, 6.07) is 27.6. The monoisotopic (exact) mass is 511 g/mol. The number of likely N-dealkylation sites (tertiary alicyclic amines) is 1. The normalized spacial score (nSPS) is 20.3. The number of carbonyl (C=O) groups excluding carboxylic acids is 3. The molecule has 3 aromatic carbocycles. The number of imide groups is 1. The van der Waals surface area contributed by atoms with Gasteiger partial charge in [-0.3, -0.25) is 0 Å². The molecule has 0 radical (unpaired) electrons. The molecule has 162 valence electrons. The van der Waals surface area contributed by atoms with E-state index in [2.05, 4.69) is 0 Å². The molecular weight excluding hydrogens is 489 g/mol. The maximum absolute atomic E-state index is 13.9. The molecule has 2 atom stereocenters. The molecule has 6 heteroatoms. The third-order valence-corrected chi connectivity index (χ3v) is 8.85. The number of nitrogens with zero attached hydrogens (tertiary/aromatic N) is 1. The van der Waals surface area contributed by atoms with Crippen molar-refractivity contribution >= 4 is 48.6 Å². The number of benzene rings is 3. The number of hydrogen-bond donors (Lipinski definition) is 0. The van der Waals surface area contributed by atoms with Crippen molar-refractivity contribution in [3.05, 3.63) is 102 Å². The Morgan fingerprint density at radius 3 is 2.06 bits per heavy atom. The number of amides is 2. The minimum atomic E-state index is -1.29. The van der Waals surface area contributed by atoms with Gasteiger partial charge in [-0.15, -0.1) is 0 Å². The number of alkyl halides is 1. The predicted octanol–water partition coefficient (Wildman–Crippen LogP) is 3.67. The van der Waals surface area contributed by atoms with Crippen LogP contribution < -0.4 is 4.46 Å². The van der Waals surface area contributed by atoms with Gasteiger partial charge in [-0.25, -0.2) is 0 Å². The van der Waals surface area contributed by atoms with Crippen LogP contribution in [0.4, 0.5) is 0 Å². The van der Waals surface area contributed by atoms with Crippen molar-refractivity contribution in [2.75, 3.05) is 5.88 Å². The molecule has 2 amide bonds. The first-order chi connectivity index (χ1) is 15.5. The van der Waals surface area contributed by atoms with Crippen LogP contribution in [0.25, 0.3) is 0 Å². The van der Waals surface area contributed by atoms with E-state index in [0.29, 0.717) is 12.0 Å². The van der Waals surface area contributed by atoms with E-state index in [1.165, 1.54) is 4.90 Å². The average molecular weight is 511 g/mol. The topological polar surface area (TPSA) is 54.5 Å². The molecule has 0 spiro atoms. The standard InChI is InChI=1S/C26H22ClNO3Se/c27-18-23(29)26(32-22-14-8-3-9-15-22)17-21(16-19-10-4-1-5-11-19)28(25(26)31)24(30)20-12-6-2-7-13-20/h1-15,21H,16-18H2. The molecule has 1 heterocycles. The summed E-state index contributed by atoms with van der Waals surface area (Å²) in [5, 5.41) is 0. The maximum atomic E-state index is 13.9. The van der Waals surface area contributed by atoms with E-state index < -0.39 is 31.2 Å². The SMILES string of the molecule is O=C(c1ccccc1)N1C(=O)C([Se]c2ccccc2)(C(=O)CCl)CC1Cc1ccccc1. The second kappa shape index (κ2) is 9.83. The Labute approximate surface area is 198 Å². The summed E-state index contributed by atoms with van der Waals surface area (Å²) in [7, 11) is 0. The van der Waals surface area contributed by atoms with Crippen LogP contribution in [0.1, 0.15) is 22.3 Å². The molecule has 3 aromatic rings. The molecule has 1 saturated heterocycles. The van der Waals surface area contributed by atoms with Crippen molar-refractivity contribution in [1.29, 1.82) is 0 Å². The minimum absolute atomic E-state index is 0.258. The Balaban J connectivity index is 1.77. The number of hydrogen-bond acceptors (Lipinski definition) is 3. The van der Waals surface area contributed by atoms with E-state index in [1.54, 1.807) is 24.3 Å². The molecule has 0 saturated carbocycles. The first-order valence-corrected chi connectivity index (χ1v) is 12.6. The van der Waals surface area contributed by atoms with Gasteiger partial charge in [-0.2, -0.15) is 0 Å². The molecule has 1 fully saturated rings. The number of halogens is 1. The summed E-state index contributed by atoms with van der Waals surface area (Å²) >= 11 is 5.51. The van der Waals surface area contributed by atoms with Gasteiger partial charge in [0.05, 0.1) is 0 Å². The van der Waals surface area contributed by atoms with E-state index in [1.807, 2.05) is 66.7 Å². The second-order valence-corrected chi connectivity index (χ2v) is 10.8. The van der Waals surface area contributed by atoms with Gasteiger partial charge in [0.1, 0.15) is 0 Å². The van der Waals surface area contributed by atoms with Gasteiger partial charge in [-0.1, -0.05) is 0 Å². The number of rotatable bonds is 7. The molecule has 0 aromatic heterocycles. The van der Waals surface area contributed by atoms with E-state index in [4.69, 9.17) is 11.6 Å². The summed E-state index contributed by atoms with van der Waals surface area (Å²) in [4.78, 5) is 41.9. The van der Waals surface area contributed by atoms with E-state index in [0.717, 1.165) is 10.0 Å². The van der Waals surface area contributed by atoms with Crippen LogP contribution in [-0.2, 0) is 16.0 Å². The number of ketones is 1. The van der Waals surface area contributed by atoms with E-state index in [-0.39, 0.29) is 24.0 Å². The first-order valence-electron chi connectivity index (χ1n) is 10.4. The zero-order chi connectivity index (χ0) is 22.6. The van der Waals surface area contributed by atoms with Gasteiger partial charge in [0.2, 0.25) is 0 Å². The van der Waals surface area contributed by atoms with Crippen molar-refractivity contribution in [3.8, 4) is 0 Å². The van der Waals surface area contributed by atoms with Crippen molar-refractivity contribution in [2.45, 2.75) is 23.2 Å². The van der Waals surface area contributed by atoms with Gasteiger partial charge >= 0.3 is 199 Å². The fraction of sp³-hybridized carbons (Fsp3) is 0.192. The number of Topliss-reactive ketones (excluding diaryl/α,β-unsaturated/α-hetero) is 1. The quantitative estimate of drug-likeness (QED) is 0.211. The van der Waals surface area contributed by atoms with Crippen LogP contribution in [0.2, 0.25) is 4.31 Å². The third kappa shape index (κ3) is 4.42. The van der Waals surface area contributed by atoms with Gasteiger partial charge in [-0.05, 0) is 0 Å².